The SMILES string of the molecule is O=C(CN1C(=O)[C@@H]2[C@H](C1=O)[C@H]1C=C[C@H]2C1)Nc1cc(Cl)ccc1Cl. The van der Waals surface area contributed by atoms with Crippen LogP contribution < -0.4 is 5.32 Å². The molecule has 1 saturated carbocycles. The van der Waals surface area contributed by atoms with Crippen molar-refractivity contribution in [1.82, 2.24) is 4.90 Å². The van der Waals surface area contributed by atoms with Gasteiger partial charge in [-0.3, -0.25) is 19.3 Å². The van der Waals surface area contributed by atoms with Gasteiger partial charge in [0, 0.05) is 5.02 Å². The number of rotatable bonds is 3. The summed E-state index contributed by atoms with van der Waals surface area (Å²) in [5.41, 5.74) is 0.357. The highest BCUT2D eigenvalue weighted by atomic mass is 35.5. The van der Waals surface area contributed by atoms with Crippen LogP contribution in [0.5, 0.6) is 0 Å². The Morgan fingerprint density at radius 3 is 2.38 bits per heavy atom. The third-order valence-electron chi connectivity index (χ3n) is 5.07. The fourth-order valence-corrected chi connectivity index (χ4v) is 4.38. The Balaban J connectivity index is 1.48. The molecule has 1 aromatic rings. The number of nitrogens with zero attached hydrogens (tertiary/aromatic N) is 1. The molecule has 1 aliphatic heterocycles. The number of nitrogens with one attached hydrogen (secondary N) is 1. The number of anilines is 1. The standard InChI is InChI=1S/C17H14Cl2N2O3/c18-10-3-4-11(19)12(6-10)20-13(22)7-21-16(23)14-8-1-2-9(5-8)15(14)17(21)24/h1-4,6,8-9,14-15H,5,7H2,(H,20,22)/t8-,9-,14-,15+/m0/s1. The van der Waals surface area contributed by atoms with Crippen LogP contribution in [0.4, 0.5) is 5.69 Å². The lowest BCUT2D eigenvalue weighted by molar-refractivity contribution is -0.143. The Labute approximate surface area is 148 Å². The zero-order valence-corrected chi connectivity index (χ0v) is 14.1. The van der Waals surface area contributed by atoms with E-state index < -0.39 is 5.91 Å². The Hall–Kier alpha value is -1.85. The van der Waals surface area contributed by atoms with E-state index in [1.165, 1.54) is 6.07 Å². The second-order valence-electron chi connectivity index (χ2n) is 6.43. The van der Waals surface area contributed by atoms with E-state index in [9.17, 15) is 14.4 Å². The molecule has 4 atom stereocenters. The number of hydrogen-bond acceptors (Lipinski definition) is 3. The number of hydrogen-bond donors (Lipinski definition) is 1. The number of allylic oxidation sites excluding steroid dienone is 2. The quantitative estimate of drug-likeness (QED) is 0.662. The number of fused-ring (bicyclic) bond motifs is 5. The third kappa shape index (κ3) is 2.34. The molecule has 1 saturated heterocycles. The minimum absolute atomic E-state index is 0.131. The van der Waals surface area contributed by atoms with Crippen LogP contribution >= 0.6 is 23.2 Å². The van der Waals surface area contributed by atoms with E-state index in [-0.39, 0.29) is 42.0 Å². The summed E-state index contributed by atoms with van der Waals surface area (Å²) in [6.07, 6.45) is 4.91. The number of halogens is 2. The van der Waals surface area contributed by atoms with Gasteiger partial charge < -0.3 is 5.32 Å². The number of benzene rings is 1. The van der Waals surface area contributed by atoms with Gasteiger partial charge in [-0.05, 0) is 36.5 Å². The molecule has 0 aromatic heterocycles. The molecule has 3 amide bonds. The average molecular weight is 365 g/mol. The third-order valence-corrected chi connectivity index (χ3v) is 5.63. The number of carbonyl (C=O) groups is 3. The fraction of sp³-hybridized carbons (Fsp3) is 0.353. The molecule has 1 aromatic carbocycles. The molecule has 0 spiro atoms. The molecule has 2 fully saturated rings. The Bertz CT molecular complexity index is 762. The summed E-state index contributed by atoms with van der Waals surface area (Å²) in [7, 11) is 0. The highest BCUT2D eigenvalue weighted by Crippen LogP contribution is 2.52. The first-order valence-corrected chi connectivity index (χ1v) is 8.50. The number of likely N-dealkylation sites (tertiary alicyclic amines) is 1. The zero-order chi connectivity index (χ0) is 17.0. The summed E-state index contributed by atoms with van der Waals surface area (Å²) in [5, 5.41) is 3.38. The summed E-state index contributed by atoms with van der Waals surface area (Å²) in [6, 6.07) is 4.70. The maximum absolute atomic E-state index is 12.5. The van der Waals surface area contributed by atoms with Gasteiger partial charge in [-0.2, -0.15) is 0 Å². The van der Waals surface area contributed by atoms with Crippen molar-refractivity contribution in [2.75, 3.05) is 11.9 Å². The Morgan fingerprint density at radius 2 is 1.75 bits per heavy atom. The van der Waals surface area contributed by atoms with Crippen molar-refractivity contribution in [3.05, 3.63) is 40.4 Å². The zero-order valence-electron chi connectivity index (χ0n) is 12.5. The predicted octanol–water partition coefficient (Wildman–Crippen LogP) is 2.74. The van der Waals surface area contributed by atoms with Crippen molar-refractivity contribution in [1.29, 1.82) is 0 Å². The van der Waals surface area contributed by atoms with E-state index in [1.807, 2.05) is 12.2 Å². The second kappa shape index (κ2) is 5.60. The molecule has 2 aliphatic carbocycles. The van der Waals surface area contributed by atoms with Gasteiger partial charge in [0.1, 0.15) is 6.54 Å². The number of imide groups is 1. The lowest BCUT2D eigenvalue weighted by atomic mass is 9.85. The molecule has 0 radical (unpaired) electrons. The van der Waals surface area contributed by atoms with Crippen LogP contribution in [0.25, 0.3) is 0 Å². The normalized spacial score (nSPS) is 30.2. The van der Waals surface area contributed by atoms with Gasteiger partial charge in [-0.1, -0.05) is 35.4 Å². The van der Waals surface area contributed by atoms with Crippen molar-refractivity contribution >= 4 is 46.6 Å². The molecule has 0 unspecified atom stereocenters. The minimum Gasteiger partial charge on any atom is -0.323 e. The van der Waals surface area contributed by atoms with Gasteiger partial charge in [-0.25, -0.2) is 0 Å². The van der Waals surface area contributed by atoms with E-state index in [0.717, 1.165) is 11.3 Å². The first-order chi connectivity index (χ1) is 11.5. The van der Waals surface area contributed by atoms with Crippen LogP contribution in [-0.4, -0.2) is 29.2 Å². The molecule has 7 heteroatoms. The minimum atomic E-state index is -0.471. The van der Waals surface area contributed by atoms with Crippen molar-refractivity contribution in [3.8, 4) is 0 Å². The summed E-state index contributed by atoms with van der Waals surface area (Å²) in [4.78, 5) is 38.4. The molecule has 3 aliphatic rings. The molecule has 5 nitrogen and oxygen atoms in total. The number of carbonyl (C=O) groups excluding carboxylic acids is 3. The van der Waals surface area contributed by atoms with Crippen molar-refractivity contribution in [2.24, 2.45) is 23.7 Å². The van der Waals surface area contributed by atoms with Crippen LogP contribution in [0, 0.1) is 23.7 Å². The van der Waals surface area contributed by atoms with Crippen molar-refractivity contribution in [3.63, 3.8) is 0 Å². The van der Waals surface area contributed by atoms with Crippen LogP contribution in [0.15, 0.2) is 30.4 Å². The molecular formula is C17H14Cl2N2O3. The topological polar surface area (TPSA) is 66.5 Å². The summed E-state index contributed by atoms with van der Waals surface area (Å²) in [5.74, 6) is -1.28. The monoisotopic (exact) mass is 364 g/mol. The molecule has 1 heterocycles. The molecule has 2 bridgehead atoms. The summed E-state index contributed by atoms with van der Waals surface area (Å²) >= 11 is 11.9. The van der Waals surface area contributed by atoms with E-state index in [2.05, 4.69) is 5.32 Å². The van der Waals surface area contributed by atoms with Crippen LogP contribution in [-0.2, 0) is 14.4 Å². The smallest absolute Gasteiger partial charge is 0.244 e. The molecule has 24 heavy (non-hydrogen) atoms. The lowest BCUT2D eigenvalue weighted by Crippen LogP contribution is -2.39. The van der Waals surface area contributed by atoms with E-state index in [0.29, 0.717) is 15.7 Å². The molecule has 4 rings (SSSR count). The second-order valence-corrected chi connectivity index (χ2v) is 7.28. The fourth-order valence-electron chi connectivity index (χ4n) is 4.05. The van der Waals surface area contributed by atoms with Crippen LogP contribution in [0.3, 0.4) is 0 Å². The van der Waals surface area contributed by atoms with Gasteiger partial charge in [-0.15, -0.1) is 0 Å². The van der Waals surface area contributed by atoms with E-state index >= 15 is 0 Å². The number of amides is 3. The average Bonchev–Trinajstić information content (AvgIpc) is 3.21. The Morgan fingerprint density at radius 1 is 1.12 bits per heavy atom. The van der Waals surface area contributed by atoms with E-state index in [4.69, 9.17) is 23.2 Å². The highest BCUT2D eigenvalue weighted by Gasteiger charge is 2.59. The predicted molar refractivity (Wildman–Crippen MR) is 89.5 cm³/mol. The first-order valence-electron chi connectivity index (χ1n) is 7.74. The largest absolute Gasteiger partial charge is 0.323 e. The van der Waals surface area contributed by atoms with Gasteiger partial charge in [0.05, 0.1) is 22.5 Å². The summed E-state index contributed by atoms with van der Waals surface area (Å²) < 4.78 is 0. The Kier molecular flexibility index (Phi) is 3.66. The first kappa shape index (κ1) is 15.7. The van der Waals surface area contributed by atoms with Crippen LogP contribution in [0.1, 0.15) is 6.42 Å². The molecule has 124 valence electrons. The maximum Gasteiger partial charge on any atom is 0.244 e. The van der Waals surface area contributed by atoms with Gasteiger partial charge in [0.15, 0.2) is 0 Å². The van der Waals surface area contributed by atoms with Crippen molar-refractivity contribution < 1.29 is 14.4 Å². The van der Waals surface area contributed by atoms with Gasteiger partial charge in [0.2, 0.25) is 17.7 Å². The summed E-state index contributed by atoms with van der Waals surface area (Å²) in [6.45, 7) is -0.299. The van der Waals surface area contributed by atoms with E-state index in [1.54, 1.807) is 12.1 Å². The highest BCUT2D eigenvalue weighted by molar-refractivity contribution is 6.35. The maximum atomic E-state index is 12.5. The van der Waals surface area contributed by atoms with Crippen LogP contribution in [0.2, 0.25) is 10.0 Å². The van der Waals surface area contributed by atoms with Gasteiger partial charge in [0.25, 0.3) is 0 Å². The molecular weight excluding hydrogens is 351 g/mol. The molecule has 1 N–H and O–H groups in total. The lowest BCUT2D eigenvalue weighted by Gasteiger charge is -2.17. The van der Waals surface area contributed by atoms with Gasteiger partial charge >= 0.3 is 0 Å². The van der Waals surface area contributed by atoms with Crippen molar-refractivity contribution in [2.45, 2.75) is 6.42 Å².